The Balaban J connectivity index is 2.43. The van der Waals surface area contributed by atoms with E-state index in [1.807, 2.05) is 12.4 Å². The van der Waals surface area contributed by atoms with E-state index in [1.54, 1.807) is 0 Å². The van der Waals surface area contributed by atoms with E-state index in [4.69, 9.17) is 0 Å². The molecule has 1 heterocycles. The summed E-state index contributed by atoms with van der Waals surface area (Å²) in [5.41, 5.74) is 0. The van der Waals surface area contributed by atoms with Crippen LogP contribution in [0, 0.1) is 5.92 Å². The Labute approximate surface area is 149 Å². The summed E-state index contributed by atoms with van der Waals surface area (Å²) >= 11 is 0. The first-order valence-corrected chi connectivity index (χ1v) is 10.1. The molecule has 0 saturated carbocycles. The van der Waals surface area contributed by atoms with Crippen molar-refractivity contribution in [3.8, 4) is 0 Å². The first-order chi connectivity index (χ1) is 11.6. The second kappa shape index (κ2) is 11.5. The standard InChI is InChI=1S/C20H38N2O2/c1-4-7-9-10-11-12-15-22(20(23)24)16-14-21(18-22)17-19(6-3)13-8-5-2/h14,16,19H,4-13,15,17-18H2,1-3H3/p+1. The Kier molecular flexibility index (Phi) is 10.1. The maximum absolute atomic E-state index is 11.9. The number of nitrogens with zero attached hydrogens (tertiary/aromatic N) is 2. The number of carbonyl (C=O) groups is 1. The zero-order valence-corrected chi connectivity index (χ0v) is 16.2. The van der Waals surface area contributed by atoms with Gasteiger partial charge in [0.1, 0.15) is 6.20 Å². The molecule has 0 spiro atoms. The fourth-order valence-electron chi connectivity index (χ4n) is 3.55. The van der Waals surface area contributed by atoms with Gasteiger partial charge in [0.15, 0.2) is 6.67 Å². The highest BCUT2D eigenvalue weighted by Crippen LogP contribution is 2.24. The summed E-state index contributed by atoms with van der Waals surface area (Å²) in [6.45, 7) is 9.02. The summed E-state index contributed by atoms with van der Waals surface area (Å²) in [7, 11) is 0. The van der Waals surface area contributed by atoms with E-state index in [0.29, 0.717) is 12.6 Å². The van der Waals surface area contributed by atoms with Gasteiger partial charge < -0.3 is 10.0 Å². The molecule has 1 aliphatic rings. The van der Waals surface area contributed by atoms with E-state index in [9.17, 15) is 9.90 Å². The summed E-state index contributed by atoms with van der Waals surface area (Å²) in [4.78, 5) is 14.1. The summed E-state index contributed by atoms with van der Waals surface area (Å²) in [5.74, 6) is 0.678. The van der Waals surface area contributed by atoms with E-state index in [-0.39, 0.29) is 4.48 Å². The Bertz CT molecular complexity index is 384. The quantitative estimate of drug-likeness (QED) is 0.340. The highest BCUT2D eigenvalue weighted by molar-refractivity contribution is 5.57. The molecule has 4 heteroatoms. The third kappa shape index (κ3) is 6.84. The SMILES string of the molecule is CCCCCCCC[N+]1(C(=O)O)C=CN(CC(CC)CCCC)C1. The lowest BCUT2D eigenvalue weighted by Gasteiger charge is -2.29. The van der Waals surface area contributed by atoms with Crippen LogP contribution in [0.15, 0.2) is 12.4 Å². The maximum Gasteiger partial charge on any atom is 0.519 e. The molecular weight excluding hydrogens is 300 g/mol. The highest BCUT2D eigenvalue weighted by Gasteiger charge is 2.40. The normalized spacial score (nSPS) is 21.4. The van der Waals surface area contributed by atoms with Gasteiger partial charge in [0, 0.05) is 6.54 Å². The molecule has 0 aliphatic carbocycles. The highest BCUT2D eigenvalue weighted by atomic mass is 16.4. The lowest BCUT2D eigenvalue weighted by molar-refractivity contribution is -0.808. The van der Waals surface area contributed by atoms with Gasteiger partial charge in [-0.1, -0.05) is 65.7 Å². The fraction of sp³-hybridized carbons (Fsp3) is 0.850. The Hall–Kier alpha value is -1.03. The minimum absolute atomic E-state index is 0.0952. The van der Waals surface area contributed by atoms with Crippen LogP contribution >= 0.6 is 0 Å². The van der Waals surface area contributed by atoms with Crippen molar-refractivity contribution in [2.24, 2.45) is 5.92 Å². The molecule has 140 valence electrons. The Morgan fingerprint density at radius 2 is 1.75 bits per heavy atom. The first kappa shape index (κ1) is 21.0. The molecule has 24 heavy (non-hydrogen) atoms. The van der Waals surface area contributed by atoms with Crippen molar-refractivity contribution in [2.75, 3.05) is 19.8 Å². The minimum atomic E-state index is -0.705. The van der Waals surface area contributed by atoms with E-state index in [2.05, 4.69) is 25.7 Å². The monoisotopic (exact) mass is 339 g/mol. The molecule has 2 unspecified atom stereocenters. The zero-order valence-electron chi connectivity index (χ0n) is 16.2. The van der Waals surface area contributed by atoms with Gasteiger partial charge in [0.25, 0.3) is 0 Å². The van der Waals surface area contributed by atoms with Crippen LogP contribution < -0.4 is 0 Å². The predicted octanol–water partition coefficient (Wildman–Crippen LogP) is 5.80. The topological polar surface area (TPSA) is 40.5 Å². The number of hydrogen-bond donors (Lipinski definition) is 1. The largest absolute Gasteiger partial charge is 0.519 e. The molecule has 0 aromatic rings. The molecular formula is C20H39N2O2+. The average molecular weight is 340 g/mol. The number of unbranched alkanes of at least 4 members (excludes halogenated alkanes) is 6. The number of amides is 1. The summed E-state index contributed by atoms with van der Waals surface area (Å²) in [6, 6.07) is 0. The third-order valence-electron chi connectivity index (χ3n) is 5.32. The lowest BCUT2D eigenvalue weighted by Crippen LogP contribution is -2.50. The van der Waals surface area contributed by atoms with Crippen LogP contribution in [0.5, 0.6) is 0 Å². The van der Waals surface area contributed by atoms with Gasteiger partial charge in [-0.05, 0) is 25.2 Å². The number of hydrogen-bond acceptors (Lipinski definition) is 2. The van der Waals surface area contributed by atoms with Crippen molar-refractivity contribution in [1.82, 2.24) is 4.90 Å². The van der Waals surface area contributed by atoms with Crippen molar-refractivity contribution >= 4 is 6.09 Å². The molecule has 0 radical (unpaired) electrons. The van der Waals surface area contributed by atoms with Crippen LogP contribution in [-0.4, -0.2) is 40.3 Å². The van der Waals surface area contributed by atoms with Crippen molar-refractivity contribution in [3.05, 3.63) is 12.4 Å². The van der Waals surface area contributed by atoms with Crippen LogP contribution in [-0.2, 0) is 0 Å². The van der Waals surface area contributed by atoms with E-state index >= 15 is 0 Å². The van der Waals surface area contributed by atoms with Gasteiger partial charge in [0.05, 0.1) is 12.7 Å². The van der Waals surface area contributed by atoms with Gasteiger partial charge in [-0.25, -0.2) is 0 Å². The van der Waals surface area contributed by atoms with E-state index in [0.717, 1.165) is 25.9 Å². The van der Waals surface area contributed by atoms with Gasteiger partial charge in [0.2, 0.25) is 0 Å². The average Bonchev–Trinajstić information content (AvgIpc) is 2.99. The molecule has 1 aliphatic heterocycles. The van der Waals surface area contributed by atoms with E-state index < -0.39 is 6.09 Å². The van der Waals surface area contributed by atoms with Crippen molar-refractivity contribution in [3.63, 3.8) is 0 Å². The molecule has 2 atom stereocenters. The van der Waals surface area contributed by atoms with Gasteiger partial charge in [-0.3, -0.25) is 0 Å². The summed E-state index contributed by atoms with van der Waals surface area (Å²) in [6.07, 6.45) is 15.4. The number of quaternary nitrogens is 1. The molecule has 1 N–H and O–H groups in total. The number of rotatable bonds is 13. The predicted molar refractivity (Wildman–Crippen MR) is 101 cm³/mol. The van der Waals surface area contributed by atoms with Crippen molar-refractivity contribution in [2.45, 2.75) is 85.0 Å². The van der Waals surface area contributed by atoms with Crippen LogP contribution in [0.3, 0.4) is 0 Å². The first-order valence-electron chi connectivity index (χ1n) is 10.1. The zero-order chi connectivity index (χ0) is 17.8. The van der Waals surface area contributed by atoms with Crippen LogP contribution in [0.4, 0.5) is 4.79 Å². The van der Waals surface area contributed by atoms with Crippen molar-refractivity contribution in [1.29, 1.82) is 0 Å². The second-order valence-corrected chi connectivity index (χ2v) is 7.44. The maximum atomic E-state index is 11.9. The molecule has 1 amide bonds. The Morgan fingerprint density at radius 1 is 1.08 bits per heavy atom. The molecule has 0 aromatic heterocycles. The lowest BCUT2D eigenvalue weighted by atomic mass is 9.99. The smallest absolute Gasteiger partial charge is 0.435 e. The number of carboxylic acid groups (broad SMARTS) is 1. The van der Waals surface area contributed by atoms with Gasteiger partial charge in [-0.2, -0.15) is 9.28 Å². The molecule has 0 aromatic carbocycles. The molecule has 0 bridgehead atoms. The summed E-state index contributed by atoms with van der Waals surface area (Å²) < 4.78 is 0.0952. The third-order valence-corrected chi connectivity index (χ3v) is 5.32. The fourth-order valence-corrected chi connectivity index (χ4v) is 3.55. The molecule has 0 fully saturated rings. The minimum Gasteiger partial charge on any atom is -0.435 e. The van der Waals surface area contributed by atoms with Crippen molar-refractivity contribution < 1.29 is 14.4 Å². The molecule has 4 nitrogen and oxygen atoms in total. The Morgan fingerprint density at radius 3 is 2.38 bits per heavy atom. The van der Waals surface area contributed by atoms with Crippen LogP contribution in [0.1, 0.15) is 85.0 Å². The van der Waals surface area contributed by atoms with Crippen LogP contribution in [0.2, 0.25) is 0 Å². The second-order valence-electron chi connectivity index (χ2n) is 7.44. The van der Waals surface area contributed by atoms with Gasteiger partial charge in [-0.15, -0.1) is 0 Å². The summed E-state index contributed by atoms with van der Waals surface area (Å²) in [5, 5.41) is 9.75. The van der Waals surface area contributed by atoms with E-state index in [1.165, 1.54) is 51.4 Å². The van der Waals surface area contributed by atoms with Gasteiger partial charge >= 0.3 is 6.09 Å². The molecule has 1 rings (SSSR count). The molecule has 0 saturated heterocycles. The van der Waals surface area contributed by atoms with Crippen LogP contribution in [0.25, 0.3) is 0 Å².